The number of anilines is 2. The molecule has 0 bridgehead atoms. The fraction of sp³-hybridized carbons (Fsp3) is 0.542. The van der Waals surface area contributed by atoms with Gasteiger partial charge in [0, 0.05) is 24.3 Å². The Labute approximate surface area is 196 Å². The maximum absolute atomic E-state index is 13.1. The molecule has 0 aromatic carbocycles. The first kappa shape index (κ1) is 23.5. The Bertz CT molecular complexity index is 1110. The number of aromatic nitrogens is 2. The van der Waals surface area contributed by atoms with Gasteiger partial charge in [-0.2, -0.15) is 8.42 Å². The Kier molecular flexibility index (Phi) is 6.61. The van der Waals surface area contributed by atoms with E-state index in [2.05, 4.69) is 45.7 Å². The van der Waals surface area contributed by atoms with Crippen LogP contribution < -0.4 is 14.9 Å². The topological polar surface area (TPSA) is 104 Å². The molecule has 1 unspecified atom stereocenters. The normalized spacial score (nSPS) is 21.1. The first-order chi connectivity index (χ1) is 15.7. The molecule has 2 N–H and O–H groups in total. The molecule has 1 saturated carbocycles. The Hall–Kier alpha value is -2.68. The van der Waals surface area contributed by atoms with Gasteiger partial charge in [0.05, 0.1) is 5.56 Å². The predicted molar refractivity (Wildman–Crippen MR) is 129 cm³/mol. The van der Waals surface area contributed by atoms with Crippen LogP contribution in [0.5, 0.6) is 0 Å². The largest absolute Gasteiger partial charge is 0.367 e. The van der Waals surface area contributed by atoms with Gasteiger partial charge in [0.1, 0.15) is 11.6 Å². The van der Waals surface area contributed by atoms with Crippen molar-refractivity contribution in [3.05, 3.63) is 42.1 Å². The summed E-state index contributed by atoms with van der Waals surface area (Å²) in [5.41, 5.74) is 0.0443. The van der Waals surface area contributed by atoms with Crippen molar-refractivity contribution < 1.29 is 13.2 Å². The lowest BCUT2D eigenvalue weighted by Gasteiger charge is -2.36. The Morgan fingerprint density at radius 1 is 1.09 bits per heavy atom. The summed E-state index contributed by atoms with van der Waals surface area (Å²) in [7, 11) is -4.15. The number of rotatable bonds is 6. The number of nitrogens with one attached hydrogen (secondary N) is 2. The molecule has 3 heterocycles. The SMILES string of the molecule is CC1CCN(c2ncccc2C(=O)NS(=O)(=O)c2cccc(NC3CCCCC3)n2)C1(C)C. The van der Waals surface area contributed by atoms with Crippen molar-refractivity contribution in [3.8, 4) is 0 Å². The van der Waals surface area contributed by atoms with E-state index < -0.39 is 15.9 Å². The van der Waals surface area contributed by atoms with E-state index in [-0.39, 0.29) is 16.1 Å². The van der Waals surface area contributed by atoms with Crippen molar-refractivity contribution in [2.45, 2.75) is 75.9 Å². The monoisotopic (exact) mass is 471 g/mol. The number of sulfonamides is 1. The number of nitrogens with zero attached hydrogens (tertiary/aromatic N) is 3. The van der Waals surface area contributed by atoms with Crippen LogP contribution in [0.3, 0.4) is 0 Å². The van der Waals surface area contributed by atoms with Crippen molar-refractivity contribution in [1.29, 1.82) is 0 Å². The van der Waals surface area contributed by atoms with E-state index in [1.165, 1.54) is 12.5 Å². The molecule has 8 nitrogen and oxygen atoms in total. The molecule has 33 heavy (non-hydrogen) atoms. The minimum atomic E-state index is -4.15. The first-order valence-electron chi connectivity index (χ1n) is 11.7. The first-order valence-corrected chi connectivity index (χ1v) is 13.2. The van der Waals surface area contributed by atoms with Gasteiger partial charge in [0.25, 0.3) is 15.9 Å². The van der Waals surface area contributed by atoms with Crippen LogP contribution in [0, 0.1) is 5.92 Å². The quantitative estimate of drug-likeness (QED) is 0.657. The molecular formula is C24H33N5O3S. The van der Waals surface area contributed by atoms with Crippen molar-refractivity contribution in [2.75, 3.05) is 16.8 Å². The van der Waals surface area contributed by atoms with Crippen LogP contribution >= 0.6 is 0 Å². The van der Waals surface area contributed by atoms with Crippen LogP contribution in [-0.2, 0) is 10.0 Å². The number of hydrogen-bond acceptors (Lipinski definition) is 7. The zero-order chi connectivity index (χ0) is 23.6. The van der Waals surface area contributed by atoms with E-state index in [0.717, 1.165) is 38.6 Å². The molecule has 1 amide bonds. The molecule has 1 aliphatic heterocycles. The molecule has 1 atom stereocenters. The third-order valence-electron chi connectivity index (χ3n) is 7.16. The minimum Gasteiger partial charge on any atom is -0.367 e. The van der Waals surface area contributed by atoms with Gasteiger partial charge in [0.15, 0.2) is 5.03 Å². The van der Waals surface area contributed by atoms with Gasteiger partial charge in [0.2, 0.25) is 0 Å². The van der Waals surface area contributed by atoms with Crippen LogP contribution in [0.4, 0.5) is 11.6 Å². The highest BCUT2D eigenvalue weighted by molar-refractivity contribution is 7.90. The van der Waals surface area contributed by atoms with Crippen molar-refractivity contribution in [3.63, 3.8) is 0 Å². The lowest BCUT2D eigenvalue weighted by molar-refractivity contribution is 0.0981. The summed E-state index contributed by atoms with van der Waals surface area (Å²) in [6, 6.07) is 8.34. The van der Waals surface area contributed by atoms with Crippen LogP contribution in [0.1, 0.15) is 69.7 Å². The zero-order valence-corrected chi connectivity index (χ0v) is 20.4. The number of carbonyl (C=O) groups excluding carboxylic acids is 1. The molecule has 0 radical (unpaired) electrons. The molecule has 2 aromatic heterocycles. The summed E-state index contributed by atoms with van der Waals surface area (Å²) in [5, 5.41) is 3.15. The third-order valence-corrected chi connectivity index (χ3v) is 8.39. The lowest BCUT2D eigenvalue weighted by Crippen LogP contribution is -2.43. The average molecular weight is 472 g/mol. The van der Waals surface area contributed by atoms with Crippen LogP contribution in [0.15, 0.2) is 41.6 Å². The second kappa shape index (κ2) is 9.29. The molecule has 1 aliphatic carbocycles. The number of carbonyl (C=O) groups is 1. The summed E-state index contributed by atoms with van der Waals surface area (Å²) in [6.45, 7) is 7.17. The summed E-state index contributed by atoms with van der Waals surface area (Å²) in [4.78, 5) is 23.9. The predicted octanol–water partition coefficient (Wildman–Crippen LogP) is 3.96. The van der Waals surface area contributed by atoms with Gasteiger partial charge >= 0.3 is 0 Å². The summed E-state index contributed by atoms with van der Waals surface area (Å²) in [5.74, 6) is 0.718. The zero-order valence-electron chi connectivity index (χ0n) is 19.5. The summed E-state index contributed by atoms with van der Waals surface area (Å²) < 4.78 is 28.2. The lowest BCUT2D eigenvalue weighted by atomic mass is 9.90. The molecule has 2 fully saturated rings. The van der Waals surface area contributed by atoms with Crippen molar-refractivity contribution >= 4 is 27.6 Å². The summed E-state index contributed by atoms with van der Waals surface area (Å²) >= 11 is 0. The Morgan fingerprint density at radius 3 is 2.55 bits per heavy atom. The fourth-order valence-corrected chi connectivity index (χ4v) is 5.66. The summed E-state index contributed by atoms with van der Waals surface area (Å²) in [6.07, 6.45) is 8.25. The van der Waals surface area contributed by atoms with E-state index in [0.29, 0.717) is 23.6 Å². The van der Waals surface area contributed by atoms with Gasteiger partial charge in [-0.1, -0.05) is 32.3 Å². The molecule has 2 aromatic rings. The third kappa shape index (κ3) is 4.98. The standard InChI is InChI=1S/C24H33N5O3S/c1-17-14-16-29(24(17,2)3)22-19(11-8-15-25-22)23(30)28-33(31,32)21-13-7-12-20(27-21)26-18-9-5-4-6-10-18/h7-8,11-13,15,17-18H,4-6,9-10,14,16H2,1-3H3,(H,26,27)(H,28,30). The molecule has 2 aliphatic rings. The molecule has 9 heteroatoms. The number of hydrogen-bond donors (Lipinski definition) is 2. The highest BCUT2D eigenvalue weighted by atomic mass is 32.2. The highest BCUT2D eigenvalue weighted by Crippen LogP contribution is 2.38. The van der Waals surface area contributed by atoms with E-state index in [1.54, 1.807) is 30.5 Å². The second-order valence-corrected chi connectivity index (χ2v) is 11.3. The van der Waals surface area contributed by atoms with Gasteiger partial charge in [-0.05, 0) is 63.3 Å². The van der Waals surface area contributed by atoms with Gasteiger partial charge < -0.3 is 10.2 Å². The van der Waals surface area contributed by atoms with Crippen molar-refractivity contribution in [1.82, 2.24) is 14.7 Å². The minimum absolute atomic E-state index is 0.183. The smallest absolute Gasteiger partial charge is 0.281 e. The molecule has 4 rings (SSSR count). The molecule has 0 spiro atoms. The van der Waals surface area contributed by atoms with E-state index >= 15 is 0 Å². The fourth-order valence-electron chi connectivity index (χ4n) is 4.73. The number of amides is 1. The molecular weight excluding hydrogens is 438 g/mol. The van der Waals surface area contributed by atoms with Crippen LogP contribution in [0.2, 0.25) is 0 Å². The maximum atomic E-state index is 13.1. The second-order valence-electron chi connectivity index (χ2n) is 9.64. The van der Waals surface area contributed by atoms with E-state index in [9.17, 15) is 13.2 Å². The molecule has 178 valence electrons. The van der Waals surface area contributed by atoms with Gasteiger partial charge in [-0.15, -0.1) is 0 Å². The highest BCUT2D eigenvalue weighted by Gasteiger charge is 2.40. The maximum Gasteiger partial charge on any atom is 0.281 e. The van der Waals surface area contributed by atoms with Crippen LogP contribution in [0.25, 0.3) is 0 Å². The van der Waals surface area contributed by atoms with Gasteiger partial charge in [-0.25, -0.2) is 14.7 Å². The van der Waals surface area contributed by atoms with Gasteiger partial charge in [-0.3, -0.25) is 4.79 Å². The number of pyridine rings is 2. The Balaban J connectivity index is 1.54. The Morgan fingerprint density at radius 2 is 1.85 bits per heavy atom. The van der Waals surface area contributed by atoms with E-state index in [4.69, 9.17) is 0 Å². The van der Waals surface area contributed by atoms with Crippen LogP contribution in [-0.4, -0.2) is 42.4 Å². The molecule has 1 saturated heterocycles. The van der Waals surface area contributed by atoms with E-state index in [1.807, 2.05) is 0 Å². The van der Waals surface area contributed by atoms with Crippen molar-refractivity contribution in [2.24, 2.45) is 5.92 Å². The average Bonchev–Trinajstić information content (AvgIpc) is 3.06.